The first kappa shape index (κ1) is 20.2. The molecule has 2 aromatic rings. The number of carbonyl (C=O) groups is 1. The van der Waals surface area contributed by atoms with Crippen LogP contribution in [0.5, 0.6) is 0 Å². The number of amides is 1. The fraction of sp³-hybridized carbons (Fsp3) is 0.500. The number of rotatable bonds is 5. The van der Waals surface area contributed by atoms with Gasteiger partial charge in [-0.2, -0.15) is 4.31 Å². The van der Waals surface area contributed by atoms with Crippen LogP contribution < -0.4 is 10.6 Å². The number of hydrogen-bond acceptors (Lipinski definition) is 6. The van der Waals surface area contributed by atoms with Gasteiger partial charge in [-0.05, 0) is 25.0 Å². The molecule has 156 valence electrons. The SMILES string of the molecule is Cc1cncc2cccc(S(=O)(=O)N3CC[C@H](NC(=O)CN4CCNCC4)C3)c12. The van der Waals surface area contributed by atoms with Gasteiger partial charge < -0.3 is 10.6 Å². The highest BCUT2D eigenvalue weighted by Crippen LogP contribution is 2.29. The van der Waals surface area contributed by atoms with Gasteiger partial charge in [-0.3, -0.25) is 14.7 Å². The Labute approximate surface area is 171 Å². The molecular weight excluding hydrogens is 390 g/mol. The molecule has 0 aliphatic carbocycles. The maximum Gasteiger partial charge on any atom is 0.243 e. The highest BCUT2D eigenvalue weighted by molar-refractivity contribution is 7.89. The number of nitrogens with one attached hydrogen (secondary N) is 2. The molecule has 3 heterocycles. The molecule has 2 fully saturated rings. The van der Waals surface area contributed by atoms with E-state index in [1.807, 2.05) is 13.0 Å². The number of hydrogen-bond donors (Lipinski definition) is 2. The van der Waals surface area contributed by atoms with Crippen LogP contribution in [0.4, 0.5) is 0 Å². The number of pyridine rings is 1. The summed E-state index contributed by atoms with van der Waals surface area (Å²) in [6, 6.07) is 5.12. The Kier molecular flexibility index (Phi) is 5.82. The molecule has 1 atom stereocenters. The van der Waals surface area contributed by atoms with E-state index >= 15 is 0 Å². The maximum absolute atomic E-state index is 13.3. The van der Waals surface area contributed by atoms with Gasteiger partial charge in [0.2, 0.25) is 15.9 Å². The molecular formula is C20H27N5O3S. The van der Waals surface area contributed by atoms with Crippen molar-refractivity contribution in [2.75, 3.05) is 45.8 Å². The molecule has 0 saturated carbocycles. The second-order valence-corrected chi connectivity index (χ2v) is 9.66. The molecule has 2 N–H and O–H groups in total. The van der Waals surface area contributed by atoms with Gasteiger partial charge in [0.25, 0.3) is 0 Å². The van der Waals surface area contributed by atoms with Crippen LogP contribution in [0.3, 0.4) is 0 Å². The van der Waals surface area contributed by atoms with E-state index in [0.29, 0.717) is 36.3 Å². The molecule has 0 spiro atoms. The molecule has 8 nitrogen and oxygen atoms in total. The van der Waals surface area contributed by atoms with Crippen LogP contribution in [0, 0.1) is 6.92 Å². The third kappa shape index (κ3) is 4.28. The summed E-state index contributed by atoms with van der Waals surface area (Å²) in [5.74, 6) is -0.0387. The fourth-order valence-electron chi connectivity index (χ4n) is 4.14. The highest BCUT2D eigenvalue weighted by atomic mass is 32.2. The number of sulfonamides is 1. The van der Waals surface area contributed by atoms with Gasteiger partial charge in [0.05, 0.1) is 11.4 Å². The number of carbonyl (C=O) groups excluding carboxylic acids is 1. The zero-order chi connectivity index (χ0) is 20.4. The molecule has 29 heavy (non-hydrogen) atoms. The quantitative estimate of drug-likeness (QED) is 0.728. The van der Waals surface area contributed by atoms with Crippen molar-refractivity contribution < 1.29 is 13.2 Å². The van der Waals surface area contributed by atoms with E-state index in [0.717, 1.165) is 37.1 Å². The van der Waals surface area contributed by atoms with Crippen molar-refractivity contribution >= 4 is 26.7 Å². The number of nitrogens with zero attached hydrogens (tertiary/aromatic N) is 3. The third-order valence-corrected chi connectivity index (χ3v) is 7.55. The van der Waals surface area contributed by atoms with Crippen molar-refractivity contribution in [3.05, 3.63) is 36.2 Å². The van der Waals surface area contributed by atoms with Gasteiger partial charge in [-0.1, -0.05) is 12.1 Å². The van der Waals surface area contributed by atoms with Crippen LogP contribution in [0.2, 0.25) is 0 Å². The second kappa shape index (κ2) is 8.35. The van der Waals surface area contributed by atoms with Crippen molar-refractivity contribution in [1.82, 2.24) is 24.8 Å². The average Bonchev–Trinajstić information content (AvgIpc) is 3.18. The molecule has 0 unspecified atom stereocenters. The number of benzene rings is 1. The monoisotopic (exact) mass is 417 g/mol. The largest absolute Gasteiger partial charge is 0.351 e. The summed E-state index contributed by atoms with van der Waals surface area (Å²) >= 11 is 0. The van der Waals surface area contributed by atoms with E-state index in [2.05, 4.69) is 20.5 Å². The van der Waals surface area contributed by atoms with Gasteiger partial charge in [-0.25, -0.2) is 8.42 Å². The Morgan fingerprint density at radius 2 is 2.03 bits per heavy atom. The van der Waals surface area contributed by atoms with Gasteiger partial charge in [0.1, 0.15) is 0 Å². The van der Waals surface area contributed by atoms with E-state index in [1.165, 1.54) is 4.31 Å². The number of piperazine rings is 1. The molecule has 1 amide bonds. The molecule has 4 rings (SSSR count). The minimum atomic E-state index is -3.65. The van der Waals surface area contributed by atoms with Gasteiger partial charge >= 0.3 is 0 Å². The zero-order valence-corrected chi connectivity index (χ0v) is 17.4. The summed E-state index contributed by atoms with van der Waals surface area (Å²) in [6.45, 7) is 6.43. The van der Waals surface area contributed by atoms with Crippen molar-refractivity contribution in [3.8, 4) is 0 Å². The van der Waals surface area contributed by atoms with Crippen LogP contribution >= 0.6 is 0 Å². The van der Waals surface area contributed by atoms with Crippen molar-refractivity contribution in [2.24, 2.45) is 0 Å². The van der Waals surface area contributed by atoms with Crippen LogP contribution in [0.1, 0.15) is 12.0 Å². The standard InChI is InChI=1S/C20H27N5O3S/c1-15-11-22-12-16-3-2-4-18(20(15)16)29(27,28)25-8-5-17(13-25)23-19(26)14-24-9-6-21-7-10-24/h2-4,11-12,17,21H,5-10,13-14H2,1H3,(H,23,26)/t17-/m0/s1. The first-order valence-corrected chi connectivity index (χ1v) is 11.4. The van der Waals surface area contributed by atoms with Crippen LogP contribution in [-0.4, -0.2) is 80.4 Å². The fourth-order valence-corrected chi connectivity index (χ4v) is 5.92. The molecule has 2 saturated heterocycles. The van der Waals surface area contributed by atoms with Crippen molar-refractivity contribution in [1.29, 1.82) is 0 Å². The molecule has 0 bridgehead atoms. The van der Waals surface area contributed by atoms with Crippen LogP contribution in [0.15, 0.2) is 35.5 Å². The lowest BCUT2D eigenvalue weighted by Crippen LogP contribution is -2.49. The third-order valence-electron chi connectivity index (χ3n) is 5.65. The Bertz CT molecular complexity index is 999. The van der Waals surface area contributed by atoms with Crippen molar-refractivity contribution in [2.45, 2.75) is 24.3 Å². The van der Waals surface area contributed by atoms with E-state index in [1.54, 1.807) is 24.5 Å². The maximum atomic E-state index is 13.3. The van der Waals surface area contributed by atoms with Gasteiger partial charge in [0.15, 0.2) is 0 Å². The Morgan fingerprint density at radius 1 is 1.24 bits per heavy atom. The van der Waals surface area contributed by atoms with Crippen LogP contribution in [-0.2, 0) is 14.8 Å². The number of aryl methyl sites for hydroxylation is 1. The Hall–Kier alpha value is -2.07. The lowest BCUT2D eigenvalue weighted by Gasteiger charge is -2.27. The Morgan fingerprint density at radius 3 is 2.83 bits per heavy atom. The summed E-state index contributed by atoms with van der Waals surface area (Å²) in [5.41, 5.74) is 0.835. The lowest BCUT2D eigenvalue weighted by molar-refractivity contribution is -0.123. The van der Waals surface area contributed by atoms with Crippen LogP contribution in [0.25, 0.3) is 10.8 Å². The number of fused-ring (bicyclic) bond motifs is 1. The lowest BCUT2D eigenvalue weighted by atomic mass is 10.1. The summed E-state index contributed by atoms with van der Waals surface area (Å²) in [7, 11) is -3.65. The van der Waals surface area contributed by atoms with E-state index < -0.39 is 10.0 Å². The van der Waals surface area contributed by atoms with Crippen molar-refractivity contribution in [3.63, 3.8) is 0 Å². The first-order valence-electron chi connectivity index (χ1n) is 10.0. The predicted molar refractivity (Wildman–Crippen MR) is 111 cm³/mol. The van der Waals surface area contributed by atoms with E-state index in [-0.39, 0.29) is 11.9 Å². The first-order chi connectivity index (χ1) is 13.9. The molecule has 9 heteroatoms. The molecule has 2 aliphatic rings. The topological polar surface area (TPSA) is 94.6 Å². The minimum absolute atomic E-state index is 0.0387. The van der Waals surface area contributed by atoms with Gasteiger partial charge in [-0.15, -0.1) is 0 Å². The molecule has 1 aromatic heterocycles. The molecule has 2 aliphatic heterocycles. The average molecular weight is 418 g/mol. The molecule has 0 radical (unpaired) electrons. The summed E-state index contributed by atoms with van der Waals surface area (Å²) in [5, 5.41) is 7.80. The highest BCUT2D eigenvalue weighted by Gasteiger charge is 2.34. The van der Waals surface area contributed by atoms with E-state index in [4.69, 9.17) is 0 Å². The smallest absolute Gasteiger partial charge is 0.243 e. The Balaban J connectivity index is 1.45. The summed E-state index contributed by atoms with van der Waals surface area (Å²) in [4.78, 5) is 18.9. The summed E-state index contributed by atoms with van der Waals surface area (Å²) < 4.78 is 28.1. The molecule has 1 aromatic carbocycles. The number of aromatic nitrogens is 1. The minimum Gasteiger partial charge on any atom is -0.351 e. The zero-order valence-electron chi connectivity index (χ0n) is 16.6. The normalized spacial score (nSPS) is 21.5. The van der Waals surface area contributed by atoms with E-state index in [9.17, 15) is 13.2 Å². The van der Waals surface area contributed by atoms with Gasteiger partial charge in [0, 0.05) is 68.5 Å². The summed E-state index contributed by atoms with van der Waals surface area (Å²) in [6.07, 6.45) is 3.99. The predicted octanol–water partition coefficient (Wildman–Crippen LogP) is 0.328. The second-order valence-electron chi connectivity index (χ2n) is 7.75.